The monoisotopic (exact) mass is 546 g/mol. The van der Waals surface area contributed by atoms with Gasteiger partial charge >= 0.3 is 11.9 Å². The molecule has 2 heterocycles. The van der Waals surface area contributed by atoms with Crippen LogP contribution in [-0.4, -0.2) is 89.2 Å². The molecule has 1 aliphatic heterocycles. The van der Waals surface area contributed by atoms with E-state index < -0.39 is 24.5 Å². The second-order valence-corrected chi connectivity index (χ2v) is 9.00. The standard InChI is InChI=1S/C23H28N2O5.C4H6O5/c1-5-30-20-11-15-16-10-13(26)6-8-18(16)24-22(17(15)12-19(20)27-2)14-7-9-21(28-3)25-23(14)29-4;5-2(4(8)9)1-3(6)7/h7,9,11-13,16,18,26H,5-6,8,10H2,1-4H3;2,5H,1H2,(H,6,7)(H,8,9)/t13-,16-,18-;2-/m11/s1. The van der Waals surface area contributed by atoms with Crippen LogP contribution in [0, 0.1) is 0 Å². The summed E-state index contributed by atoms with van der Waals surface area (Å²) in [6.45, 7) is 2.50. The second-order valence-electron chi connectivity index (χ2n) is 9.00. The summed E-state index contributed by atoms with van der Waals surface area (Å²) in [5.74, 6) is -0.411. The molecule has 0 bridgehead atoms. The van der Waals surface area contributed by atoms with Gasteiger partial charge < -0.3 is 39.4 Å². The molecule has 0 unspecified atom stereocenters. The molecular formula is C27H34N2O10. The van der Waals surface area contributed by atoms with Crippen molar-refractivity contribution in [2.24, 2.45) is 4.99 Å². The van der Waals surface area contributed by atoms with Gasteiger partial charge in [-0.15, -0.1) is 0 Å². The Bertz CT molecular complexity index is 1220. The SMILES string of the molecule is CCOc1cc2c(cc1OC)C(c1ccc(OC)nc1OC)=N[C@@H]1CC[C@@H](O)C[C@H]21.O=C(O)C[C@@H](O)C(=O)O. The first-order valence-corrected chi connectivity index (χ1v) is 12.5. The first-order chi connectivity index (χ1) is 18.6. The van der Waals surface area contributed by atoms with Crippen molar-refractivity contribution in [1.82, 2.24) is 4.98 Å². The zero-order valence-electron chi connectivity index (χ0n) is 22.3. The molecule has 1 aliphatic carbocycles. The Morgan fingerprint density at radius 1 is 1.03 bits per heavy atom. The highest BCUT2D eigenvalue weighted by molar-refractivity contribution is 6.16. The van der Waals surface area contributed by atoms with E-state index in [0.29, 0.717) is 36.3 Å². The first-order valence-electron chi connectivity index (χ1n) is 12.5. The van der Waals surface area contributed by atoms with Crippen molar-refractivity contribution in [3.63, 3.8) is 0 Å². The molecule has 1 saturated carbocycles. The van der Waals surface area contributed by atoms with Crippen molar-refractivity contribution < 1.29 is 49.0 Å². The molecule has 1 aromatic carbocycles. The fraction of sp³-hybridized carbons (Fsp3) is 0.481. The average Bonchev–Trinajstić information content (AvgIpc) is 2.92. The van der Waals surface area contributed by atoms with Crippen molar-refractivity contribution >= 4 is 17.7 Å². The van der Waals surface area contributed by atoms with Gasteiger partial charge in [-0.25, -0.2) is 4.79 Å². The lowest BCUT2D eigenvalue weighted by Gasteiger charge is -2.37. The highest BCUT2D eigenvalue weighted by atomic mass is 16.5. The van der Waals surface area contributed by atoms with Crippen molar-refractivity contribution in [3.8, 4) is 23.3 Å². The van der Waals surface area contributed by atoms with Gasteiger partial charge in [0.25, 0.3) is 0 Å². The van der Waals surface area contributed by atoms with Gasteiger partial charge in [0.1, 0.15) is 0 Å². The molecule has 2 aromatic rings. The summed E-state index contributed by atoms with van der Waals surface area (Å²) in [7, 11) is 4.80. The topological polar surface area (TPSA) is 177 Å². The Balaban J connectivity index is 0.000000403. The maximum Gasteiger partial charge on any atom is 0.333 e. The lowest BCUT2D eigenvalue weighted by molar-refractivity contribution is -0.152. The number of pyridine rings is 1. The number of aliphatic hydroxyl groups is 2. The molecule has 4 rings (SSSR count). The maximum atomic E-state index is 10.3. The van der Waals surface area contributed by atoms with Gasteiger partial charge in [0.15, 0.2) is 17.6 Å². The van der Waals surface area contributed by atoms with Gasteiger partial charge in [0.05, 0.1) is 57.8 Å². The van der Waals surface area contributed by atoms with Crippen LogP contribution >= 0.6 is 0 Å². The fourth-order valence-corrected chi connectivity index (χ4v) is 4.71. The number of carboxylic acid groups (broad SMARTS) is 2. The number of carbonyl (C=O) groups is 2. The molecule has 0 amide bonds. The summed E-state index contributed by atoms with van der Waals surface area (Å²) < 4.78 is 22.2. The van der Waals surface area contributed by atoms with Crippen LogP contribution in [-0.2, 0) is 9.59 Å². The zero-order valence-corrected chi connectivity index (χ0v) is 22.3. The number of ether oxygens (including phenoxy) is 4. The van der Waals surface area contributed by atoms with Crippen LogP contribution in [0.2, 0.25) is 0 Å². The summed E-state index contributed by atoms with van der Waals surface area (Å²) in [5.41, 5.74) is 3.69. The number of aliphatic carboxylic acids is 2. The van der Waals surface area contributed by atoms with E-state index in [1.165, 1.54) is 0 Å². The lowest BCUT2D eigenvalue weighted by Crippen LogP contribution is -2.34. The second kappa shape index (κ2) is 13.3. The number of fused-ring (bicyclic) bond motifs is 3. The van der Waals surface area contributed by atoms with E-state index in [0.717, 1.165) is 35.2 Å². The number of nitrogens with zero attached hydrogens (tertiary/aromatic N) is 2. The van der Waals surface area contributed by atoms with Crippen molar-refractivity contribution in [1.29, 1.82) is 0 Å². The molecule has 1 fully saturated rings. The molecule has 1 aromatic heterocycles. The minimum atomic E-state index is -1.79. The van der Waals surface area contributed by atoms with E-state index in [9.17, 15) is 14.7 Å². The minimum Gasteiger partial charge on any atom is -0.493 e. The van der Waals surface area contributed by atoms with Gasteiger partial charge in [0, 0.05) is 17.5 Å². The number of hydrogen-bond acceptors (Lipinski definition) is 10. The summed E-state index contributed by atoms with van der Waals surface area (Å²) in [4.78, 5) is 29.0. The van der Waals surface area contributed by atoms with E-state index in [1.54, 1.807) is 21.3 Å². The quantitative estimate of drug-likeness (QED) is 0.363. The van der Waals surface area contributed by atoms with Crippen LogP contribution in [0.5, 0.6) is 23.3 Å². The highest BCUT2D eigenvalue weighted by Crippen LogP contribution is 2.45. The molecule has 12 heteroatoms. The Morgan fingerprint density at radius 2 is 1.77 bits per heavy atom. The summed E-state index contributed by atoms with van der Waals surface area (Å²) in [6, 6.07) is 7.84. The van der Waals surface area contributed by atoms with Gasteiger partial charge in [-0.3, -0.25) is 9.79 Å². The van der Waals surface area contributed by atoms with Crippen LogP contribution in [0.1, 0.15) is 55.2 Å². The van der Waals surface area contributed by atoms with Gasteiger partial charge in [-0.1, -0.05) is 0 Å². The van der Waals surface area contributed by atoms with E-state index in [-0.39, 0.29) is 18.1 Å². The number of aromatic nitrogens is 1. The van der Waals surface area contributed by atoms with Crippen molar-refractivity contribution in [3.05, 3.63) is 41.0 Å². The van der Waals surface area contributed by atoms with Crippen LogP contribution in [0.3, 0.4) is 0 Å². The third kappa shape index (κ3) is 6.95. The Labute approximate surface area is 225 Å². The molecule has 4 atom stereocenters. The van der Waals surface area contributed by atoms with E-state index in [1.807, 2.05) is 31.2 Å². The smallest absolute Gasteiger partial charge is 0.333 e. The zero-order chi connectivity index (χ0) is 28.7. The van der Waals surface area contributed by atoms with Crippen molar-refractivity contribution in [2.45, 2.75) is 56.8 Å². The number of rotatable bonds is 9. The minimum absolute atomic E-state index is 0.0885. The molecule has 0 saturated heterocycles. The number of aliphatic hydroxyl groups excluding tert-OH is 2. The molecule has 12 nitrogen and oxygen atoms in total. The maximum absolute atomic E-state index is 10.3. The molecule has 0 spiro atoms. The van der Waals surface area contributed by atoms with Crippen molar-refractivity contribution in [2.75, 3.05) is 27.9 Å². The molecule has 212 valence electrons. The predicted octanol–water partition coefficient (Wildman–Crippen LogP) is 2.26. The predicted molar refractivity (Wildman–Crippen MR) is 139 cm³/mol. The summed E-state index contributed by atoms with van der Waals surface area (Å²) in [6.07, 6.45) is -0.594. The number of carboxylic acids is 2. The summed E-state index contributed by atoms with van der Waals surface area (Å²) in [5, 5.41) is 34.5. The number of benzene rings is 1. The van der Waals surface area contributed by atoms with E-state index in [2.05, 4.69) is 4.98 Å². The van der Waals surface area contributed by atoms with Gasteiger partial charge in [-0.2, -0.15) is 4.98 Å². The van der Waals surface area contributed by atoms with E-state index in [4.69, 9.17) is 39.3 Å². The Kier molecular flexibility index (Phi) is 10.1. The number of hydrogen-bond donors (Lipinski definition) is 4. The number of methoxy groups -OCH3 is 3. The Morgan fingerprint density at radius 3 is 2.33 bits per heavy atom. The van der Waals surface area contributed by atoms with Gasteiger partial charge in [0.2, 0.25) is 11.8 Å². The fourth-order valence-electron chi connectivity index (χ4n) is 4.71. The molecular weight excluding hydrogens is 512 g/mol. The highest BCUT2D eigenvalue weighted by Gasteiger charge is 2.38. The molecule has 0 radical (unpaired) electrons. The van der Waals surface area contributed by atoms with E-state index >= 15 is 0 Å². The first kappa shape index (κ1) is 29.7. The van der Waals surface area contributed by atoms with Crippen LogP contribution < -0.4 is 18.9 Å². The third-order valence-corrected chi connectivity index (χ3v) is 6.52. The average molecular weight is 547 g/mol. The molecule has 4 N–H and O–H groups in total. The summed E-state index contributed by atoms with van der Waals surface area (Å²) >= 11 is 0. The van der Waals surface area contributed by atoms with Gasteiger partial charge in [-0.05, 0) is 49.9 Å². The largest absolute Gasteiger partial charge is 0.493 e. The van der Waals surface area contributed by atoms with Crippen LogP contribution in [0.15, 0.2) is 29.3 Å². The lowest BCUT2D eigenvalue weighted by atomic mass is 9.74. The Hall–Kier alpha value is -3.90. The number of aliphatic imine (C=N–C) groups is 1. The molecule has 2 aliphatic rings. The third-order valence-electron chi connectivity index (χ3n) is 6.52. The molecule has 39 heavy (non-hydrogen) atoms. The van der Waals surface area contributed by atoms with Crippen LogP contribution in [0.25, 0.3) is 0 Å². The normalized spacial score (nSPS) is 20.2. The van der Waals surface area contributed by atoms with Crippen LogP contribution in [0.4, 0.5) is 0 Å².